The molecule has 1 fully saturated rings. The molecule has 1 aromatic heterocycles. The smallest absolute Gasteiger partial charge is 0.253 e. The minimum absolute atomic E-state index is 0.0964. The number of nitrogens with zero attached hydrogens (tertiary/aromatic N) is 4. The number of likely N-dealkylation sites (N-methyl/N-ethyl adjacent to an activating group) is 1. The highest BCUT2D eigenvalue weighted by Gasteiger charge is 2.36. The van der Waals surface area contributed by atoms with Crippen molar-refractivity contribution in [1.29, 1.82) is 0 Å². The average Bonchev–Trinajstić information content (AvgIpc) is 2.98. The summed E-state index contributed by atoms with van der Waals surface area (Å²) < 4.78 is 1.70. The van der Waals surface area contributed by atoms with Crippen molar-refractivity contribution >= 4 is 17.5 Å². The van der Waals surface area contributed by atoms with E-state index in [1.807, 2.05) is 24.2 Å². The Morgan fingerprint density at radius 1 is 1.29 bits per heavy atom. The molecule has 1 aliphatic heterocycles. The van der Waals surface area contributed by atoms with E-state index in [1.54, 1.807) is 40.0 Å². The molecule has 0 bridgehead atoms. The molecule has 2 aromatic rings. The van der Waals surface area contributed by atoms with Gasteiger partial charge in [0.25, 0.3) is 5.91 Å². The van der Waals surface area contributed by atoms with E-state index in [9.17, 15) is 9.90 Å². The number of rotatable bonds is 3. The summed E-state index contributed by atoms with van der Waals surface area (Å²) in [5.41, 5.74) is -0.482. The molecule has 3 rings (SSSR count). The standard InChI is InChI=1S/C17H21ClN4O2/c1-20-9-10-21(16(23)14-3-5-15(18)6-4-14)12-17(24,11-20)13-22-8-2-7-19-22/h2-8,24H,9-13H2,1H3. The molecule has 1 unspecified atom stereocenters. The van der Waals surface area contributed by atoms with Crippen molar-refractivity contribution in [1.82, 2.24) is 19.6 Å². The summed E-state index contributed by atoms with van der Waals surface area (Å²) in [7, 11) is 1.95. The van der Waals surface area contributed by atoms with Gasteiger partial charge in [-0.25, -0.2) is 0 Å². The highest BCUT2D eigenvalue weighted by molar-refractivity contribution is 6.30. The first-order chi connectivity index (χ1) is 11.5. The number of amides is 1. The molecule has 2 heterocycles. The van der Waals surface area contributed by atoms with E-state index < -0.39 is 5.60 Å². The lowest BCUT2D eigenvalue weighted by molar-refractivity contribution is -0.0137. The Labute approximate surface area is 146 Å². The Morgan fingerprint density at radius 2 is 2.04 bits per heavy atom. The number of hydrogen-bond acceptors (Lipinski definition) is 4. The van der Waals surface area contributed by atoms with Gasteiger partial charge in [-0.15, -0.1) is 0 Å². The maximum atomic E-state index is 12.8. The van der Waals surface area contributed by atoms with Gasteiger partial charge in [-0.2, -0.15) is 5.10 Å². The lowest BCUT2D eigenvalue weighted by atomic mass is 10.0. The number of carbonyl (C=O) groups is 1. The summed E-state index contributed by atoms with van der Waals surface area (Å²) in [5, 5.41) is 15.9. The summed E-state index contributed by atoms with van der Waals surface area (Å²) >= 11 is 5.89. The first-order valence-corrected chi connectivity index (χ1v) is 8.26. The highest BCUT2D eigenvalue weighted by atomic mass is 35.5. The summed E-state index contributed by atoms with van der Waals surface area (Å²) in [4.78, 5) is 16.5. The molecular weight excluding hydrogens is 328 g/mol. The lowest BCUT2D eigenvalue weighted by Crippen LogP contribution is -2.50. The van der Waals surface area contributed by atoms with E-state index in [0.29, 0.717) is 36.8 Å². The second-order valence-corrected chi connectivity index (χ2v) is 6.84. The highest BCUT2D eigenvalue weighted by Crippen LogP contribution is 2.19. The minimum Gasteiger partial charge on any atom is -0.385 e. The molecule has 7 heteroatoms. The third kappa shape index (κ3) is 3.95. The summed E-state index contributed by atoms with van der Waals surface area (Å²) in [6, 6.07) is 8.65. The van der Waals surface area contributed by atoms with Crippen LogP contribution in [0.15, 0.2) is 42.7 Å². The van der Waals surface area contributed by atoms with Crippen molar-refractivity contribution in [3.63, 3.8) is 0 Å². The van der Waals surface area contributed by atoms with Crippen LogP contribution in [0.4, 0.5) is 0 Å². The van der Waals surface area contributed by atoms with E-state index in [-0.39, 0.29) is 12.5 Å². The monoisotopic (exact) mass is 348 g/mol. The summed E-state index contributed by atoms with van der Waals surface area (Å²) in [6.07, 6.45) is 3.49. The molecule has 0 saturated carbocycles. The third-order valence-electron chi connectivity index (χ3n) is 4.19. The molecule has 1 atom stereocenters. The molecule has 128 valence electrons. The molecule has 1 aliphatic rings. The fourth-order valence-electron chi connectivity index (χ4n) is 3.10. The topological polar surface area (TPSA) is 61.6 Å². The van der Waals surface area contributed by atoms with E-state index in [1.165, 1.54) is 0 Å². The number of hydrogen-bond donors (Lipinski definition) is 1. The van der Waals surface area contributed by atoms with Crippen molar-refractivity contribution in [3.8, 4) is 0 Å². The molecular formula is C17H21ClN4O2. The van der Waals surface area contributed by atoms with Crippen molar-refractivity contribution in [2.45, 2.75) is 12.1 Å². The van der Waals surface area contributed by atoms with Crippen LogP contribution < -0.4 is 0 Å². The third-order valence-corrected chi connectivity index (χ3v) is 4.45. The molecule has 0 aliphatic carbocycles. The van der Waals surface area contributed by atoms with Crippen LogP contribution in [0.25, 0.3) is 0 Å². The number of carbonyl (C=O) groups excluding carboxylic acids is 1. The quantitative estimate of drug-likeness (QED) is 0.909. The van der Waals surface area contributed by atoms with Crippen LogP contribution in [0.1, 0.15) is 10.4 Å². The van der Waals surface area contributed by atoms with Gasteiger partial charge in [0, 0.05) is 42.6 Å². The molecule has 1 amide bonds. The Kier molecular flexibility index (Phi) is 4.89. The summed E-state index contributed by atoms with van der Waals surface area (Å²) in [5.74, 6) is -0.0964. The van der Waals surface area contributed by atoms with E-state index in [0.717, 1.165) is 0 Å². The van der Waals surface area contributed by atoms with Gasteiger partial charge in [0.2, 0.25) is 0 Å². The SMILES string of the molecule is CN1CCN(C(=O)c2ccc(Cl)cc2)CC(O)(Cn2cccn2)C1. The lowest BCUT2D eigenvalue weighted by Gasteiger charge is -2.32. The van der Waals surface area contributed by atoms with Crippen LogP contribution >= 0.6 is 11.6 Å². The van der Waals surface area contributed by atoms with Gasteiger partial charge in [-0.1, -0.05) is 11.6 Å². The maximum Gasteiger partial charge on any atom is 0.253 e. The fourth-order valence-corrected chi connectivity index (χ4v) is 3.23. The molecule has 6 nitrogen and oxygen atoms in total. The zero-order valence-electron chi connectivity index (χ0n) is 13.6. The van der Waals surface area contributed by atoms with Crippen LogP contribution in [-0.2, 0) is 6.54 Å². The van der Waals surface area contributed by atoms with Crippen molar-refractivity contribution in [3.05, 3.63) is 53.3 Å². The molecule has 0 radical (unpaired) electrons. The van der Waals surface area contributed by atoms with Crippen LogP contribution in [0, 0.1) is 0 Å². The second-order valence-electron chi connectivity index (χ2n) is 6.40. The Morgan fingerprint density at radius 3 is 2.71 bits per heavy atom. The van der Waals surface area contributed by atoms with Gasteiger partial charge in [0.1, 0.15) is 5.60 Å². The molecule has 0 spiro atoms. The maximum absolute atomic E-state index is 12.8. The van der Waals surface area contributed by atoms with Crippen molar-refractivity contribution in [2.75, 3.05) is 33.2 Å². The predicted molar refractivity (Wildman–Crippen MR) is 92.0 cm³/mol. The van der Waals surface area contributed by atoms with Gasteiger partial charge >= 0.3 is 0 Å². The zero-order valence-corrected chi connectivity index (χ0v) is 14.4. The number of aliphatic hydroxyl groups is 1. The first kappa shape index (κ1) is 17.0. The van der Waals surface area contributed by atoms with Gasteiger partial charge < -0.3 is 14.9 Å². The van der Waals surface area contributed by atoms with Crippen LogP contribution in [0.2, 0.25) is 5.02 Å². The largest absolute Gasteiger partial charge is 0.385 e. The molecule has 1 N–H and O–H groups in total. The predicted octanol–water partition coefficient (Wildman–Crippen LogP) is 1.36. The van der Waals surface area contributed by atoms with Crippen molar-refractivity contribution in [2.24, 2.45) is 0 Å². The second kappa shape index (κ2) is 6.93. The normalized spacial score (nSPS) is 22.4. The molecule has 1 aromatic carbocycles. The van der Waals surface area contributed by atoms with Crippen LogP contribution in [0.3, 0.4) is 0 Å². The average molecular weight is 349 g/mol. The Hall–Kier alpha value is -1.89. The summed E-state index contributed by atoms with van der Waals surface area (Å²) in [6.45, 7) is 2.37. The van der Waals surface area contributed by atoms with E-state index in [4.69, 9.17) is 11.6 Å². The zero-order chi connectivity index (χ0) is 17.2. The number of halogens is 1. The Bertz CT molecular complexity index is 689. The fraction of sp³-hybridized carbons (Fsp3) is 0.412. The number of β-amino-alcohol motifs (C(OH)–C–C–N with tert-alkyl or cyclic N) is 1. The van der Waals surface area contributed by atoms with Gasteiger partial charge in [0.05, 0.1) is 13.1 Å². The molecule has 24 heavy (non-hydrogen) atoms. The van der Waals surface area contributed by atoms with E-state index >= 15 is 0 Å². The van der Waals surface area contributed by atoms with Crippen molar-refractivity contribution < 1.29 is 9.90 Å². The van der Waals surface area contributed by atoms with Gasteiger partial charge in [0.15, 0.2) is 0 Å². The number of benzene rings is 1. The van der Waals surface area contributed by atoms with Gasteiger partial charge in [-0.05, 0) is 37.4 Å². The molecule has 1 saturated heterocycles. The number of aromatic nitrogens is 2. The van der Waals surface area contributed by atoms with Gasteiger partial charge in [-0.3, -0.25) is 9.48 Å². The first-order valence-electron chi connectivity index (χ1n) is 7.88. The Balaban J connectivity index is 1.80. The minimum atomic E-state index is -1.06. The van der Waals surface area contributed by atoms with Crippen LogP contribution in [-0.4, -0.2) is 69.4 Å². The van der Waals surface area contributed by atoms with E-state index in [2.05, 4.69) is 5.10 Å². The van der Waals surface area contributed by atoms with Crippen LogP contribution in [0.5, 0.6) is 0 Å².